The standard InChI is InChI=1S/C11H24N2O3/c1-13(6-4-3-5-7-14)11(15)8-10(9-12)16-2/h10,14H,3-9,12H2,1-2H3. The first-order valence-electron chi connectivity index (χ1n) is 5.73. The van der Waals surface area contributed by atoms with Gasteiger partial charge >= 0.3 is 0 Å². The molecular formula is C11H24N2O3. The maximum Gasteiger partial charge on any atom is 0.224 e. The number of methoxy groups -OCH3 is 1. The molecule has 1 amide bonds. The number of nitrogens with two attached hydrogens (primary N) is 1. The van der Waals surface area contributed by atoms with Crippen LogP contribution >= 0.6 is 0 Å². The molecule has 0 aliphatic carbocycles. The number of unbranched alkanes of at least 4 members (excludes halogenated alkanes) is 2. The number of hydrogen-bond donors (Lipinski definition) is 2. The largest absolute Gasteiger partial charge is 0.396 e. The van der Waals surface area contributed by atoms with E-state index in [9.17, 15) is 4.79 Å². The Morgan fingerprint density at radius 3 is 2.62 bits per heavy atom. The van der Waals surface area contributed by atoms with Crippen molar-refractivity contribution in [3.05, 3.63) is 0 Å². The monoisotopic (exact) mass is 232 g/mol. The highest BCUT2D eigenvalue weighted by Gasteiger charge is 2.14. The van der Waals surface area contributed by atoms with Crippen molar-refractivity contribution in [3.8, 4) is 0 Å². The Kier molecular flexibility index (Phi) is 9.18. The maximum atomic E-state index is 11.7. The topological polar surface area (TPSA) is 75.8 Å². The molecule has 5 heteroatoms. The predicted molar refractivity (Wildman–Crippen MR) is 63.0 cm³/mol. The molecule has 0 spiro atoms. The van der Waals surface area contributed by atoms with Gasteiger partial charge in [-0.25, -0.2) is 0 Å². The summed E-state index contributed by atoms with van der Waals surface area (Å²) >= 11 is 0. The van der Waals surface area contributed by atoms with Crippen molar-refractivity contribution in [3.63, 3.8) is 0 Å². The summed E-state index contributed by atoms with van der Waals surface area (Å²) in [5.41, 5.74) is 5.45. The molecule has 0 saturated heterocycles. The van der Waals surface area contributed by atoms with E-state index in [-0.39, 0.29) is 18.6 Å². The fraction of sp³-hybridized carbons (Fsp3) is 0.909. The minimum atomic E-state index is -0.188. The molecule has 3 N–H and O–H groups in total. The molecular weight excluding hydrogens is 208 g/mol. The Balaban J connectivity index is 3.72. The number of carbonyl (C=O) groups is 1. The maximum absolute atomic E-state index is 11.7. The molecule has 0 aliphatic rings. The third-order valence-electron chi connectivity index (χ3n) is 2.58. The fourth-order valence-electron chi connectivity index (χ4n) is 1.38. The van der Waals surface area contributed by atoms with E-state index in [4.69, 9.17) is 15.6 Å². The van der Waals surface area contributed by atoms with Crippen molar-refractivity contribution in [1.29, 1.82) is 0 Å². The highest BCUT2D eigenvalue weighted by atomic mass is 16.5. The van der Waals surface area contributed by atoms with Gasteiger partial charge < -0.3 is 20.5 Å². The molecule has 5 nitrogen and oxygen atoms in total. The number of aliphatic hydroxyl groups excluding tert-OH is 1. The first kappa shape index (κ1) is 15.3. The Labute approximate surface area is 97.6 Å². The Bertz CT molecular complexity index is 184. The third-order valence-corrected chi connectivity index (χ3v) is 2.58. The Morgan fingerprint density at radius 1 is 1.44 bits per heavy atom. The van der Waals surface area contributed by atoms with Gasteiger partial charge in [-0.1, -0.05) is 0 Å². The zero-order valence-corrected chi connectivity index (χ0v) is 10.3. The lowest BCUT2D eigenvalue weighted by molar-refractivity contribution is -0.132. The van der Waals surface area contributed by atoms with E-state index >= 15 is 0 Å². The van der Waals surface area contributed by atoms with Crippen LogP contribution in [0.1, 0.15) is 25.7 Å². The summed E-state index contributed by atoms with van der Waals surface area (Å²) in [5, 5.41) is 8.61. The molecule has 1 atom stereocenters. The average molecular weight is 232 g/mol. The molecule has 0 aromatic heterocycles. The number of rotatable bonds is 9. The lowest BCUT2D eigenvalue weighted by Gasteiger charge is -2.20. The summed E-state index contributed by atoms with van der Waals surface area (Å²) in [4.78, 5) is 13.4. The number of aliphatic hydroxyl groups is 1. The molecule has 0 aromatic carbocycles. The minimum Gasteiger partial charge on any atom is -0.396 e. The van der Waals surface area contributed by atoms with Gasteiger partial charge in [0.1, 0.15) is 0 Å². The quantitative estimate of drug-likeness (QED) is 0.547. The molecule has 0 aromatic rings. The van der Waals surface area contributed by atoms with E-state index in [0.717, 1.165) is 25.8 Å². The molecule has 0 rings (SSSR count). The van der Waals surface area contributed by atoms with Gasteiger partial charge in [0, 0.05) is 33.9 Å². The molecule has 0 heterocycles. The molecule has 96 valence electrons. The fourth-order valence-corrected chi connectivity index (χ4v) is 1.38. The molecule has 0 saturated carbocycles. The summed E-state index contributed by atoms with van der Waals surface area (Å²) in [6, 6.07) is 0. The van der Waals surface area contributed by atoms with Crippen molar-refractivity contribution in [2.45, 2.75) is 31.8 Å². The van der Waals surface area contributed by atoms with Crippen molar-refractivity contribution < 1.29 is 14.6 Å². The Morgan fingerprint density at radius 2 is 2.12 bits per heavy atom. The summed E-state index contributed by atoms with van der Waals surface area (Å²) < 4.78 is 5.06. The van der Waals surface area contributed by atoms with Crippen LogP contribution in [0.25, 0.3) is 0 Å². The van der Waals surface area contributed by atoms with Crippen LogP contribution in [0.4, 0.5) is 0 Å². The van der Waals surface area contributed by atoms with Crippen LogP contribution in [0, 0.1) is 0 Å². The van der Waals surface area contributed by atoms with Crippen molar-refractivity contribution >= 4 is 5.91 Å². The second-order valence-electron chi connectivity index (χ2n) is 3.90. The first-order chi connectivity index (χ1) is 7.65. The van der Waals surface area contributed by atoms with Crippen LogP contribution in [0.3, 0.4) is 0 Å². The second-order valence-corrected chi connectivity index (χ2v) is 3.90. The van der Waals surface area contributed by atoms with Crippen molar-refractivity contribution in [1.82, 2.24) is 4.90 Å². The highest BCUT2D eigenvalue weighted by Crippen LogP contribution is 2.02. The molecule has 16 heavy (non-hydrogen) atoms. The van der Waals surface area contributed by atoms with Gasteiger partial charge in [0.05, 0.1) is 12.5 Å². The summed E-state index contributed by atoms with van der Waals surface area (Å²) in [6.07, 6.45) is 2.81. The van der Waals surface area contributed by atoms with E-state index in [1.807, 2.05) is 0 Å². The lowest BCUT2D eigenvalue weighted by atomic mass is 10.2. The molecule has 1 unspecified atom stereocenters. The molecule has 0 radical (unpaired) electrons. The second kappa shape index (κ2) is 9.57. The van der Waals surface area contributed by atoms with Gasteiger partial charge in [-0.15, -0.1) is 0 Å². The van der Waals surface area contributed by atoms with Crippen LogP contribution in [-0.4, -0.2) is 55.9 Å². The van der Waals surface area contributed by atoms with Crippen LogP contribution in [0.2, 0.25) is 0 Å². The van der Waals surface area contributed by atoms with Crippen molar-refractivity contribution in [2.75, 3.05) is 33.9 Å². The number of ether oxygens (including phenoxy) is 1. The zero-order chi connectivity index (χ0) is 12.4. The van der Waals surface area contributed by atoms with Crippen LogP contribution in [0.15, 0.2) is 0 Å². The van der Waals surface area contributed by atoms with E-state index in [1.54, 1.807) is 19.1 Å². The van der Waals surface area contributed by atoms with Gasteiger partial charge in [-0.3, -0.25) is 4.79 Å². The lowest BCUT2D eigenvalue weighted by Crippen LogP contribution is -2.34. The van der Waals surface area contributed by atoms with Crippen LogP contribution in [0.5, 0.6) is 0 Å². The Hall–Kier alpha value is -0.650. The number of nitrogens with zero attached hydrogens (tertiary/aromatic N) is 1. The van der Waals surface area contributed by atoms with E-state index in [0.29, 0.717) is 13.0 Å². The summed E-state index contributed by atoms with van der Waals surface area (Å²) in [6.45, 7) is 1.30. The summed E-state index contributed by atoms with van der Waals surface area (Å²) in [5.74, 6) is 0.0568. The SMILES string of the molecule is COC(CN)CC(=O)N(C)CCCCCO. The highest BCUT2D eigenvalue weighted by molar-refractivity contribution is 5.76. The van der Waals surface area contributed by atoms with Crippen LogP contribution < -0.4 is 5.73 Å². The van der Waals surface area contributed by atoms with E-state index < -0.39 is 0 Å². The summed E-state index contributed by atoms with van der Waals surface area (Å²) in [7, 11) is 3.34. The van der Waals surface area contributed by atoms with E-state index in [1.165, 1.54) is 0 Å². The molecule has 0 fully saturated rings. The molecule has 0 aliphatic heterocycles. The van der Waals surface area contributed by atoms with Gasteiger partial charge in [-0.2, -0.15) is 0 Å². The van der Waals surface area contributed by atoms with Crippen molar-refractivity contribution in [2.24, 2.45) is 5.73 Å². The van der Waals surface area contributed by atoms with E-state index in [2.05, 4.69) is 0 Å². The number of amides is 1. The smallest absolute Gasteiger partial charge is 0.224 e. The van der Waals surface area contributed by atoms with Crippen LogP contribution in [-0.2, 0) is 9.53 Å². The first-order valence-corrected chi connectivity index (χ1v) is 5.73. The van der Waals surface area contributed by atoms with Gasteiger partial charge in [0.25, 0.3) is 0 Å². The van der Waals surface area contributed by atoms with Gasteiger partial charge in [0.2, 0.25) is 5.91 Å². The zero-order valence-electron chi connectivity index (χ0n) is 10.3. The predicted octanol–water partition coefficient (Wildman–Crippen LogP) is -0.0288. The van der Waals surface area contributed by atoms with Gasteiger partial charge in [0.15, 0.2) is 0 Å². The molecule has 0 bridgehead atoms. The minimum absolute atomic E-state index is 0.0568. The number of hydrogen-bond acceptors (Lipinski definition) is 4. The average Bonchev–Trinajstić information content (AvgIpc) is 2.30. The number of carbonyl (C=O) groups excluding carboxylic acids is 1. The normalized spacial score (nSPS) is 12.5. The van der Waals surface area contributed by atoms with Gasteiger partial charge in [-0.05, 0) is 19.3 Å². The third kappa shape index (κ3) is 6.76.